The van der Waals surface area contributed by atoms with Gasteiger partial charge in [0.2, 0.25) is 0 Å². The van der Waals surface area contributed by atoms with E-state index in [9.17, 15) is 9.90 Å². The molecule has 1 aliphatic rings. The molecule has 0 aromatic heterocycles. The number of benzene rings is 1. The van der Waals surface area contributed by atoms with Crippen LogP contribution < -0.4 is 0 Å². The lowest BCUT2D eigenvalue weighted by molar-refractivity contribution is -0.140. The highest BCUT2D eigenvalue weighted by Crippen LogP contribution is 2.54. The average molecular weight is 271 g/mol. The third kappa shape index (κ3) is 1.58. The lowest BCUT2D eigenvalue weighted by Gasteiger charge is -2.12. The SMILES string of the molecule is O=C(O)[C@@]1(c2cccc(Br)c2)C[C@H]1CO. The molecule has 4 heteroatoms. The fourth-order valence-corrected chi connectivity index (χ4v) is 2.45. The van der Waals surface area contributed by atoms with E-state index in [4.69, 9.17) is 5.11 Å². The van der Waals surface area contributed by atoms with E-state index in [1.165, 1.54) is 0 Å². The van der Waals surface area contributed by atoms with Gasteiger partial charge in [0.15, 0.2) is 0 Å². The predicted octanol–water partition coefficient (Wildman–Crippen LogP) is 1.78. The molecule has 2 atom stereocenters. The standard InChI is InChI=1S/C11H11BrO3/c12-9-3-1-2-7(4-9)11(10(14)15)5-8(11)6-13/h1-4,8,13H,5-6H2,(H,14,15)/t8-,11+/m0/s1. The Balaban J connectivity index is 2.40. The van der Waals surface area contributed by atoms with Gasteiger partial charge in [0.05, 0.1) is 5.41 Å². The van der Waals surface area contributed by atoms with Crippen molar-refractivity contribution >= 4 is 21.9 Å². The third-order valence-corrected chi connectivity index (χ3v) is 3.54. The van der Waals surface area contributed by atoms with Crippen LogP contribution in [0.5, 0.6) is 0 Å². The Morgan fingerprint density at radius 2 is 2.33 bits per heavy atom. The maximum atomic E-state index is 11.2. The summed E-state index contributed by atoms with van der Waals surface area (Å²) in [6.07, 6.45) is 0.523. The van der Waals surface area contributed by atoms with Gasteiger partial charge in [-0.3, -0.25) is 4.79 Å². The molecule has 1 aromatic carbocycles. The average Bonchev–Trinajstić information content (AvgIpc) is 2.93. The Kier molecular flexibility index (Phi) is 2.56. The van der Waals surface area contributed by atoms with Crippen molar-refractivity contribution in [1.29, 1.82) is 0 Å². The van der Waals surface area contributed by atoms with Crippen molar-refractivity contribution in [2.45, 2.75) is 11.8 Å². The van der Waals surface area contributed by atoms with E-state index in [-0.39, 0.29) is 12.5 Å². The van der Waals surface area contributed by atoms with E-state index in [1.807, 2.05) is 18.2 Å². The van der Waals surface area contributed by atoms with Gasteiger partial charge < -0.3 is 10.2 Å². The maximum absolute atomic E-state index is 11.2. The quantitative estimate of drug-likeness (QED) is 0.881. The monoisotopic (exact) mass is 270 g/mol. The molecular formula is C11H11BrO3. The van der Waals surface area contributed by atoms with Crippen LogP contribution in [0.15, 0.2) is 28.7 Å². The fourth-order valence-electron chi connectivity index (χ4n) is 2.06. The molecule has 1 saturated carbocycles. The lowest BCUT2D eigenvalue weighted by atomic mass is 9.93. The Bertz CT molecular complexity index is 405. The van der Waals surface area contributed by atoms with Crippen molar-refractivity contribution in [3.05, 3.63) is 34.3 Å². The summed E-state index contributed by atoms with van der Waals surface area (Å²) in [7, 11) is 0. The van der Waals surface area contributed by atoms with Crippen LogP contribution in [0.4, 0.5) is 0 Å². The molecule has 80 valence electrons. The molecule has 15 heavy (non-hydrogen) atoms. The van der Waals surface area contributed by atoms with Crippen LogP contribution in [0.3, 0.4) is 0 Å². The summed E-state index contributed by atoms with van der Waals surface area (Å²) in [4.78, 5) is 11.2. The highest BCUT2D eigenvalue weighted by atomic mass is 79.9. The van der Waals surface area contributed by atoms with Crippen LogP contribution in [0.25, 0.3) is 0 Å². The number of carbonyl (C=O) groups is 1. The number of halogens is 1. The van der Waals surface area contributed by atoms with Gasteiger partial charge >= 0.3 is 5.97 Å². The van der Waals surface area contributed by atoms with Gasteiger partial charge in [-0.15, -0.1) is 0 Å². The van der Waals surface area contributed by atoms with Gasteiger partial charge in [-0.05, 0) is 24.1 Å². The molecule has 2 rings (SSSR count). The lowest BCUT2D eigenvalue weighted by Crippen LogP contribution is -2.23. The van der Waals surface area contributed by atoms with Gasteiger partial charge in [-0.2, -0.15) is 0 Å². The third-order valence-electron chi connectivity index (χ3n) is 3.05. The van der Waals surface area contributed by atoms with Crippen LogP contribution in [0.1, 0.15) is 12.0 Å². The first kappa shape index (κ1) is 10.6. The van der Waals surface area contributed by atoms with Crippen LogP contribution in [0, 0.1) is 5.92 Å². The summed E-state index contributed by atoms with van der Waals surface area (Å²) in [5.74, 6) is -0.996. The molecule has 1 fully saturated rings. The zero-order chi connectivity index (χ0) is 11.1. The summed E-state index contributed by atoms with van der Waals surface area (Å²) in [6, 6.07) is 7.28. The molecule has 0 aliphatic heterocycles. The normalized spacial score (nSPS) is 28.8. The molecule has 0 amide bonds. The van der Waals surface area contributed by atoms with E-state index >= 15 is 0 Å². The number of aliphatic carboxylic acids is 1. The Labute approximate surface area is 95.9 Å². The summed E-state index contributed by atoms with van der Waals surface area (Å²) in [5.41, 5.74) is -0.0955. The topological polar surface area (TPSA) is 57.5 Å². The highest BCUT2D eigenvalue weighted by molar-refractivity contribution is 9.10. The first-order valence-electron chi connectivity index (χ1n) is 4.71. The van der Waals surface area contributed by atoms with Crippen molar-refractivity contribution in [3.8, 4) is 0 Å². The molecule has 0 radical (unpaired) electrons. The number of carboxylic acid groups (broad SMARTS) is 1. The molecular weight excluding hydrogens is 260 g/mol. The molecule has 0 bridgehead atoms. The Morgan fingerprint density at radius 3 is 2.80 bits per heavy atom. The summed E-state index contributed by atoms with van der Waals surface area (Å²) < 4.78 is 0.865. The molecule has 1 aromatic rings. The first-order valence-corrected chi connectivity index (χ1v) is 5.51. The van der Waals surface area contributed by atoms with Crippen molar-refractivity contribution < 1.29 is 15.0 Å². The second-order valence-corrected chi connectivity index (χ2v) is 4.79. The molecule has 2 N–H and O–H groups in total. The Hall–Kier alpha value is -0.870. The van der Waals surface area contributed by atoms with E-state index < -0.39 is 11.4 Å². The fraction of sp³-hybridized carbons (Fsp3) is 0.364. The van der Waals surface area contributed by atoms with Gasteiger partial charge in [-0.1, -0.05) is 28.1 Å². The highest BCUT2D eigenvalue weighted by Gasteiger charge is 2.61. The maximum Gasteiger partial charge on any atom is 0.314 e. The zero-order valence-electron chi connectivity index (χ0n) is 7.98. The molecule has 3 nitrogen and oxygen atoms in total. The second-order valence-electron chi connectivity index (χ2n) is 3.87. The van der Waals surface area contributed by atoms with Crippen molar-refractivity contribution in [2.24, 2.45) is 5.92 Å². The molecule has 0 unspecified atom stereocenters. The summed E-state index contributed by atoms with van der Waals surface area (Å²) in [5, 5.41) is 18.3. The molecule has 0 heterocycles. The van der Waals surface area contributed by atoms with Crippen molar-refractivity contribution in [2.75, 3.05) is 6.61 Å². The minimum atomic E-state index is -0.863. The van der Waals surface area contributed by atoms with Crippen LogP contribution in [-0.4, -0.2) is 22.8 Å². The van der Waals surface area contributed by atoms with Gasteiger partial charge in [0, 0.05) is 17.0 Å². The number of aliphatic hydroxyl groups excluding tert-OH is 1. The van der Waals surface area contributed by atoms with Gasteiger partial charge in [0.1, 0.15) is 0 Å². The number of hydrogen-bond donors (Lipinski definition) is 2. The number of carboxylic acids is 1. The predicted molar refractivity (Wildman–Crippen MR) is 58.6 cm³/mol. The molecule has 0 saturated heterocycles. The van der Waals surface area contributed by atoms with Crippen LogP contribution in [-0.2, 0) is 10.2 Å². The number of aliphatic hydroxyl groups is 1. The second kappa shape index (κ2) is 3.61. The van der Waals surface area contributed by atoms with Crippen LogP contribution >= 0.6 is 15.9 Å². The molecule has 0 spiro atoms. The van der Waals surface area contributed by atoms with Crippen molar-refractivity contribution in [3.63, 3.8) is 0 Å². The smallest absolute Gasteiger partial charge is 0.314 e. The minimum Gasteiger partial charge on any atom is -0.481 e. The summed E-state index contributed by atoms with van der Waals surface area (Å²) in [6.45, 7) is -0.0706. The van der Waals surface area contributed by atoms with E-state index in [0.29, 0.717) is 6.42 Å². The number of hydrogen-bond acceptors (Lipinski definition) is 2. The number of rotatable bonds is 3. The first-order chi connectivity index (χ1) is 7.11. The van der Waals surface area contributed by atoms with Crippen LogP contribution in [0.2, 0.25) is 0 Å². The van der Waals surface area contributed by atoms with Gasteiger partial charge in [0.25, 0.3) is 0 Å². The van der Waals surface area contributed by atoms with Gasteiger partial charge in [-0.25, -0.2) is 0 Å². The summed E-state index contributed by atoms with van der Waals surface area (Å²) >= 11 is 3.32. The zero-order valence-corrected chi connectivity index (χ0v) is 9.57. The largest absolute Gasteiger partial charge is 0.481 e. The van der Waals surface area contributed by atoms with E-state index in [2.05, 4.69) is 15.9 Å². The molecule has 1 aliphatic carbocycles. The van der Waals surface area contributed by atoms with E-state index in [1.54, 1.807) is 6.07 Å². The van der Waals surface area contributed by atoms with Crippen molar-refractivity contribution in [1.82, 2.24) is 0 Å². The minimum absolute atomic E-state index is 0.0706. The van der Waals surface area contributed by atoms with E-state index in [0.717, 1.165) is 10.0 Å². The Morgan fingerprint density at radius 1 is 1.60 bits per heavy atom.